The van der Waals surface area contributed by atoms with Crippen LogP contribution in [0.25, 0.3) is 10.1 Å². The molecule has 4 heteroatoms. The van der Waals surface area contributed by atoms with Gasteiger partial charge in [-0.15, -0.1) is 11.3 Å². The van der Waals surface area contributed by atoms with Gasteiger partial charge in [-0.3, -0.25) is 0 Å². The van der Waals surface area contributed by atoms with Gasteiger partial charge in [0.1, 0.15) is 0 Å². The monoisotopic (exact) mass is 768 g/mol. The van der Waals surface area contributed by atoms with Gasteiger partial charge < -0.3 is 9.80 Å². The number of hydrogen-bond acceptors (Lipinski definition) is 3. The molecule has 0 bridgehead atoms. The third kappa shape index (κ3) is 6.02. The molecular formula is C53H61BN2S. The highest BCUT2D eigenvalue weighted by atomic mass is 32.1. The van der Waals surface area contributed by atoms with E-state index in [1.165, 1.54) is 106 Å². The number of anilines is 6. The Morgan fingerprint density at radius 2 is 1.09 bits per heavy atom. The zero-order chi connectivity index (χ0) is 40.8. The van der Waals surface area contributed by atoms with Crippen LogP contribution in [0.2, 0.25) is 0 Å². The molecule has 3 heterocycles. The molecule has 3 aliphatic rings. The van der Waals surface area contributed by atoms with Crippen LogP contribution in [-0.4, -0.2) is 6.71 Å². The van der Waals surface area contributed by atoms with Crippen LogP contribution in [0.5, 0.6) is 0 Å². The van der Waals surface area contributed by atoms with Gasteiger partial charge in [0.15, 0.2) is 0 Å². The summed E-state index contributed by atoms with van der Waals surface area (Å²) >= 11 is 2.01. The summed E-state index contributed by atoms with van der Waals surface area (Å²) in [5, 5.41) is 1.36. The van der Waals surface area contributed by atoms with Crippen molar-refractivity contribution in [3.63, 3.8) is 0 Å². The van der Waals surface area contributed by atoms with Crippen LogP contribution in [0.3, 0.4) is 0 Å². The van der Waals surface area contributed by atoms with Gasteiger partial charge in [-0.05, 0) is 146 Å². The highest BCUT2D eigenvalue weighted by Crippen LogP contribution is 2.52. The van der Waals surface area contributed by atoms with Gasteiger partial charge >= 0.3 is 0 Å². The van der Waals surface area contributed by atoms with Crippen molar-refractivity contribution in [1.29, 1.82) is 0 Å². The second-order valence-corrected chi connectivity index (χ2v) is 23.0. The van der Waals surface area contributed by atoms with E-state index in [0.29, 0.717) is 0 Å². The van der Waals surface area contributed by atoms with Crippen LogP contribution in [0.1, 0.15) is 136 Å². The van der Waals surface area contributed by atoms with Gasteiger partial charge in [0.05, 0.1) is 5.69 Å². The Morgan fingerprint density at radius 1 is 0.544 bits per heavy atom. The van der Waals surface area contributed by atoms with Crippen LogP contribution in [-0.2, 0) is 27.1 Å². The fraction of sp³-hybridized carbons (Fsp3) is 0.396. The number of nitrogens with zero attached hydrogens (tertiary/aromatic N) is 2. The van der Waals surface area contributed by atoms with Crippen molar-refractivity contribution in [2.45, 2.75) is 137 Å². The Morgan fingerprint density at radius 3 is 1.72 bits per heavy atom. The highest BCUT2D eigenvalue weighted by Gasteiger charge is 2.46. The molecule has 0 saturated carbocycles. The highest BCUT2D eigenvalue weighted by molar-refractivity contribution is 7.33. The largest absolute Gasteiger partial charge is 0.311 e. The number of rotatable bonds is 2. The molecule has 0 unspecified atom stereocenters. The molecule has 6 aromatic rings. The van der Waals surface area contributed by atoms with E-state index >= 15 is 0 Å². The van der Waals surface area contributed by atoms with Crippen LogP contribution in [0, 0.1) is 6.92 Å². The topological polar surface area (TPSA) is 6.48 Å². The van der Waals surface area contributed by atoms with Gasteiger partial charge in [-0.2, -0.15) is 0 Å². The summed E-state index contributed by atoms with van der Waals surface area (Å²) in [7, 11) is 0. The Balaban J connectivity index is 1.39. The number of benzene rings is 5. The van der Waals surface area contributed by atoms with Crippen LogP contribution in [0.4, 0.5) is 34.1 Å². The van der Waals surface area contributed by atoms with E-state index in [1.807, 2.05) is 11.3 Å². The third-order valence-electron chi connectivity index (χ3n) is 13.6. The minimum Gasteiger partial charge on any atom is -0.311 e. The molecule has 1 aliphatic carbocycles. The summed E-state index contributed by atoms with van der Waals surface area (Å²) in [5.41, 5.74) is 19.3. The summed E-state index contributed by atoms with van der Waals surface area (Å²) in [6, 6.07) is 36.5. The predicted molar refractivity (Wildman–Crippen MR) is 252 cm³/mol. The van der Waals surface area contributed by atoms with Crippen molar-refractivity contribution < 1.29 is 0 Å². The maximum Gasteiger partial charge on any atom is 0.264 e. The lowest BCUT2D eigenvalue weighted by atomic mass is 9.36. The maximum absolute atomic E-state index is 2.68. The van der Waals surface area contributed by atoms with Crippen LogP contribution >= 0.6 is 11.3 Å². The van der Waals surface area contributed by atoms with E-state index in [9.17, 15) is 0 Å². The SMILES string of the molecule is Cc1cc2c3c(c1)N(c1ccc4c(c1)C(C)(C)CCC4(C)C)c1c(sc4ccc(C(C)(C)C)cc14)B3c1cc(C(C)(C)C)ccc1N2c1ccc(C(C)(C)C)cc1. The van der Waals surface area contributed by atoms with Crippen molar-refractivity contribution in [3.05, 3.63) is 124 Å². The molecule has 0 radical (unpaired) electrons. The van der Waals surface area contributed by atoms with Crippen molar-refractivity contribution in [2.75, 3.05) is 9.80 Å². The van der Waals surface area contributed by atoms with E-state index in [-0.39, 0.29) is 33.8 Å². The Labute approximate surface area is 347 Å². The third-order valence-corrected chi connectivity index (χ3v) is 14.8. The smallest absolute Gasteiger partial charge is 0.264 e. The molecular weight excluding hydrogens is 707 g/mol. The molecule has 0 fully saturated rings. The minimum atomic E-state index is 0.0135. The van der Waals surface area contributed by atoms with Gasteiger partial charge in [-0.1, -0.05) is 126 Å². The van der Waals surface area contributed by atoms with Crippen LogP contribution in [0.15, 0.2) is 91.0 Å². The predicted octanol–water partition coefficient (Wildman–Crippen LogP) is 13.5. The van der Waals surface area contributed by atoms with Gasteiger partial charge in [0.2, 0.25) is 0 Å². The standard InChI is InChI=1S/C53H61BN2S/c1-32-27-43-46-44(28-32)56(37-21-22-39-40(31-37)53(13,14)26-25-52(39,11)12)47-38-29-34(50(5,6)7)18-24-45(38)57-48(47)54(46)41-30-35(51(8,9)10)17-23-42(41)55(43)36-19-15-33(16-20-36)49(2,3)4/h15-24,27-31H,25-26H2,1-14H3. The lowest BCUT2D eigenvalue weighted by molar-refractivity contribution is 0.332. The summed E-state index contributed by atoms with van der Waals surface area (Å²) < 4.78 is 2.80. The zero-order valence-corrected chi connectivity index (χ0v) is 37.8. The Hall–Kier alpha value is -4.28. The van der Waals surface area contributed by atoms with E-state index in [1.54, 1.807) is 0 Å². The molecule has 9 rings (SSSR count). The summed E-state index contributed by atoms with van der Waals surface area (Å²) in [4.78, 5) is 5.25. The molecule has 0 amide bonds. The second kappa shape index (κ2) is 12.4. The molecule has 57 heavy (non-hydrogen) atoms. The second-order valence-electron chi connectivity index (χ2n) is 21.9. The summed E-state index contributed by atoms with van der Waals surface area (Å²) in [6.45, 7) is 33.2. The molecule has 292 valence electrons. The Kier molecular flexibility index (Phi) is 8.30. The van der Waals surface area contributed by atoms with Crippen molar-refractivity contribution >= 4 is 78.0 Å². The lowest BCUT2D eigenvalue weighted by Gasteiger charge is -2.45. The molecule has 5 aromatic carbocycles. The number of fused-ring (bicyclic) bond motifs is 7. The average Bonchev–Trinajstić information content (AvgIpc) is 3.50. The summed E-state index contributed by atoms with van der Waals surface area (Å²) in [5.74, 6) is 0. The van der Waals surface area contributed by atoms with Gasteiger partial charge in [-0.25, -0.2) is 0 Å². The molecule has 0 atom stereocenters. The number of hydrogen-bond donors (Lipinski definition) is 0. The first-order valence-corrected chi connectivity index (χ1v) is 22.1. The van der Waals surface area contributed by atoms with Crippen molar-refractivity contribution in [1.82, 2.24) is 0 Å². The minimum absolute atomic E-state index is 0.0135. The molecule has 2 aliphatic heterocycles. The number of aryl methyl sites for hydroxylation is 1. The fourth-order valence-electron chi connectivity index (χ4n) is 9.93. The van der Waals surface area contributed by atoms with Crippen LogP contribution < -0.4 is 25.5 Å². The molecule has 1 aromatic heterocycles. The van der Waals surface area contributed by atoms with Gasteiger partial charge in [0.25, 0.3) is 6.71 Å². The quantitative estimate of drug-likeness (QED) is 0.162. The fourth-order valence-corrected chi connectivity index (χ4v) is 11.2. The van der Waals surface area contributed by atoms with E-state index < -0.39 is 0 Å². The van der Waals surface area contributed by atoms with E-state index in [2.05, 4.69) is 198 Å². The van der Waals surface area contributed by atoms with Gasteiger partial charge in [0, 0.05) is 43.3 Å². The summed E-state index contributed by atoms with van der Waals surface area (Å²) in [6.07, 6.45) is 2.40. The Bertz CT molecular complexity index is 2600. The maximum atomic E-state index is 2.68. The molecule has 0 N–H and O–H groups in total. The number of thiophene rings is 1. The van der Waals surface area contributed by atoms with Crippen molar-refractivity contribution in [2.24, 2.45) is 0 Å². The molecule has 0 saturated heterocycles. The normalized spacial score (nSPS) is 17.0. The van der Waals surface area contributed by atoms with E-state index in [0.717, 1.165) is 0 Å². The zero-order valence-electron chi connectivity index (χ0n) is 37.0. The molecule has 2 nitrogen and oxygen atoms in total. The van der Waals surface area contributed by atoms with Crippen molar-refractivity contribution in [3.8, 4) is 0 Å². The molecule has 0 spiro atoms. The first kappa shape index (κ1) is 38.3. The average molecular weight is 769 g/mol. The first-order valence-electron chi connectivity index (χ1n) is 21.3. The van der Waals surface area contributed by atoms with E-state index in [4.69, 9.17) is 0 Å². The lowest BCUT2D eigenvalue weighted by Crippen LogP contribution is -2.60. The first-order chi connectivity index (χ1) is 26.5.